The molecule has 0 saturated carbocycles. The molecule has 2 atom stereocenters. The zero-order valence-electron chi connectivity index (χ0n) is 9.20. The Kier molecular flexibility index (Phi) is 4.76. The van der Waals surface area contributed by atoms with Crippen molar-refractivity contribution < 1.29 is 8.42 Å². The standard InChI is InChI=1S/C10H20N2O2S/c1-3-4-7-15(13,14)12-10-5-6-11-9(2)8-10/h3,9-12H,1,4-8H2,2H3. The summed E-state index contributed by atoms with van der Waals surface area (Å²) in [5.74, 6) is 0.148. The van der Waals surface area contributed by atoms with E-state index in [1.807, 2.05) is 0 Å². The van der Waals surface area contributed by atoms with Gasteiger partial charge in [0.05, 0.1) is 5.75 Å². The van der Waals surface area contributed by atoms with Crippen molar-refractivity contribution in [1.29, 1.82) is 0 Å². The minimum absolute atomic E-state index is 0.0936. The highest BCUT2D eigenvalue weighted by molar-refractivity contribution is 7.89. The highest BCUT2D eigenvalue weighted by Crippen LogP contribution is 2.09. The van der Waals surface area contributed by atoms with Crippen molar-refractivity contribution in [3.8, 4) is 0 Å². The molecule has 0 amide bonds. The summed E-state index contributed by atoms with van der Waals surface area (Å²) in [5, 5.41) is 3.29. The van der Waals surface area contributed by atoms with Gasteiger partial charge in [0.25, 0.3) is 0 Å². The van der Waals surface area contributed by atoms with Crippen LogP contribution >= 0.6 is 0 Å². The Morgan fingerprint density at radius 2 is 2.33 bits per heavy atom. The van der Waals surface area contributed by atoms with Gasteiger partial charge in [-0.15, -0.1) is 6.58 Å². The Hall–Kier alpha value is -0.390. The van der Waals surface area contributed by atoms with Crippen LogP contribution in [0.2, 0.25) is 0 Å². The first-order chi connectivity index (χ1) is 7.03. The first-order valence-corrected chi connectivity index (χ1v) is 7.03. The highest BCUT2D eigenvalue weighted by Gasteiger charge is 2.22. The lowest BCUT2D eigenvalue weighted by Gasteiger charge is -2.28. The number of nitrogens with one attached hydrogen (secondary N) is 2. The second-order valence-electron chi connectivity index (χ2n) is 4.09. The zero-order valence-corrected chi connectivity index (χ0v) is 10.0. The molecule has 0 aromatic rings. The predicted octanol–water partition coefficient (Wildman–Crippen LogP) is 0.622. The molecule has 4 nitrogen and oxygen atoms in total. The molecule has 15 heavy (non-hydrogen) atoms. The van der Waals surface area contributed by atoms with Crippen molar-refractivity contribution in [2.24, 2.45) is 0 Å². The van der Waals surface area contributed by atoms with Crippen molar-refractivity contribution >= 4 is 10.0 Å². The van der Waals surface area contributed by atoms with Crippen LogP contribution in [0.1, 0.15) is 26.2 Å². The zero-order chi connectivity index (χ0) is 11.3. The molecule has 88 valence electrons. The fourth-order valence-corrected chi connectivity index (χ4v) is 3.11. The van der Waals surface area contributed by atoms with E-state index in [9.17, 15) is 8.42 Å². The molecule has 0 bridgehead atoms. The SMILES string of the molecule is C=CCCS(=O)(=O)NC1CCNC(C)C1. The van der Waals surface area contributed by atoms with Crippen molar-refractivity contribution in [1.82, 2.24) is 10.0 Å². The summed E-state index contributed by atoms with van der Waals surface area (Å²) in [6.45, 7) is 6.48. The fourth-order valence-electron chi connectivity index (χ4n) is 1.79. The van der Waals surface area contributed by atoms with E-state index >= 15 is 0 Å². The third-order valence-corrected chi connectivity index (χ3v) is 4.03. The van der Waals surface area contributed by atoms with E-state index in [0.717, 1.165) is 19.4 Å². The summed E-state index contributed by atoms with van der Waals surface area (Å²) in [5.41, 5.74) is 0. The van der Waals surface area contributed by atoms with Gasteiger partial charge in [-0.2, -0.15) is 0 Å². The molecule has 0 radical (unpaired) electrons. The molecule has 1 aliphatic rings. The maximum absolute atomic E-state index is 11.6. The number of allylic oxidation sites excluding steroid dienone is 1. The van der Waals surface area contributed by atoms with Gasteiger partial charge in [0.2, 0.25) is 10.0 Å². The van der Waals surface area contributed by atoms with Gasteiger partial charge in [-0.05, 0) is 32.7 Å². The molecule has 0 spiro atoms. The maximum atomic E-state index is 11.6. The summed E-state index contributed by atoms with van der Waals surface area (Å²) < 4.78 is 25.9. The Labute approximate surface area is 92.2 Å². The van der Waals surface area contributed by atoms with E-state index in [1.54, 1.807) is 6.08 Å². The van der Waals surface area contributed by atoms with Crippen LogP contribution in [0.5, 0.6) is 0 Å². The molecule has 2 unspecified atom stereocenters. The largest absolute Gasteiger partial charge is 0.314 e. The minimum atomic E-state index is -3.12. The molecule has 2 N–H and O–H groups in total. The summed E-state index contributed by atoms with van der Waals surface area (Å²) in [7, 11) is -3.12. The van der Waals surface area contributed by atoms with Gasteiger partial charge in [0.1, 0.15) is 0 Å². The Bertz CT molecular complexity index is 301. The van der Waals surface area contributed by atoms with Gasteiger partial charge in [0.15, 0.2) is 0 Å². The second kappa shape index (κ2) is 5.63. The van der Waals surface area contributed by atoms with Gasteiger partial charge in [-0.3, -0.25) is 0 Å². The molecule has 1 rings (SSSR count). The first-order valence-electron chi connectivity index (χ1n) is 5.38. The normalized spacial score (nSPS) is 27.5. The number of rotatable bonds is 5. The topological polar surface area (TPSA) is 58.2 Å². The molecule has 1 fully saturated rings. The van der Waals surface area contributed by atoms with E-state index in [0.29, 0.717) is 12.5 Å². The van der Waals surface area contributed by atoms with E-state index in [1.165, 1.54) is 0 Å². The van der Waals surface area contributed by atoms with Gasteiger partial charge < -0.3 is 5.32 Å². The molecule has 1 heterocycles. The van der Waals surface area contributed by atoms with Gasteiger partial charge in [-0.25, -0.2) is 13.1 Å². The lowest BCUT2D eigenvalue weighted by atomic mass is 10.0. The molecule has 5 heteroatoms. The van der Waals surface area contributed by atoms with Crippen LogP contribution in [0.15, 0.2) is 12.7 Å². The quantitative estimate of drug-likeness (QED) is 0.683. The molecule has 1 saturated heterocycles. The van der Waals surface area contributed by atoms with Crippen LogP contribution in [-0.2, 0) is 10.0 Å². The molecular formula is C10H20N2O2S. The summed E-state index contributed by atoms with van der Waals surface area (Å²) >= 11 is 0. The van der Waals surface area contributed by atoms with Crippen LogP contribution in [-0.4, -0.2) is 32.8 Å². The van der Waals surface area contributed by atoms with Gasteiger partial charge >= 0.3 is 0 Å². The Morgan fingerprint density at radius 3 is 2.93 bits per heavy atom. The number of hydrogen-bond donors (Lipinski definition) is 2. The summed E-state index contributed by atoms with van der Waals surface area (Å²) in [4.78, 5) is 0. The molecule has 1 aliphatic heterocycles. The number of piperidine rings is 1. The molecule has 0 aliphatic carbocycles. The third-order valence-electron chi connectivity index (χ3n) is 2.56. The van der Waals surface area contributed by atoms with Crippen molar-refractivity contribution in [3.63, 3.8) is 0 Å². The van der Waals surface area contributed by atoms with Crippen LogP contribution < -0.4 is 10.0 Å². The van der Waals surface area contributed by atoms with Crippen molar-refractivity contribution in [2.45, 2.75) is 38.3 Å². The molecule has 0 aromatic heterocycles. The van der Waals surface area contributed by atoms with Crippen molar-refractivity contribution in [3.05, 3.63) is 12.7 Å². The Balaban J connectivity index is 2.42. The highest BCUT2D eigenvalue weighted by atomic mass is 32.2. The lowest BCUT2D eigenvalue weighted by Crippen LogP contribution is -2.47. The second-order valence-corrected chi connectivity index (χ2v) is 5.96. The van der Waals surface area contributed by atoms with Gasteiger partial charge in [-0.1, -0.05) is 6.08 Å². The number of sulfonamides is 1. The van der Waals surface area contributed by atoms with Crippen molar-refractivity contribution in [2.75, 3.05) is 12.3 Å². The van der Waals surface area contributed by atoms with E-state index in [2.05, 4.69) is 23.5 Å². The third kappa shape index (κ3) is 4.77. The van der Waals surface area contributed by atoms with Crippen LogP contribution in [0.4, 0.5) is 0 Å². The predicted molar refractivity (Wildman–Crippen MR) is 62.2 cm³/mol. The van der Waals surface area contributed by atoms with Crippen LogP contribution in [0, 0.1) is 0 Å². The van der Waals surface area contributed by atoms with Gasteiger partial charge in [0, 0.05) is 12.1 Å². The minimum Gasteiger partial charge on any atom is -0.314 e. The maximum Gasteiger partial charge on any atom is 0.212 e. The fraction of sp³-hybridized carbons (Fsp3) is 0.800. The molecular weight excluding hydrogens is 212 g/mol. The van der Waals surface area contributed by atoms with Crippen LogP contribution in [0.3, 0.4) is 0 Å². The Morgan fingerprint density at radius 1 is 1.60 bits per heavy atom. The lowest BCUT2D eigenvalue weighted by molar-refractivity contribution is 0.361. The average molecular weight is 232 g/mol. The average Bonchev–Trinajstić information content (AvgIpc) is 2.14. The smallest absolute Gasteiger partial charge is 0.212 e. The summed E-state index contributed by atoms with van der Waals surface area (Å²) in [6, 6.07) is 0.488. The van der Waals surface area contributed by atoms with E-state index in [-0.39, 0.29) is 11.8 Å². The van der Waals surface area contributed by atoms with E-state index in [4.69, 9.17) is 0 Å². The van der Waals surface area contributed by atoms with Crippen LogP contribution in [0.25, 0.3) is 0 Å². The number of hydrogen-bond acceptors (Lipinski definition) is 3. The monoisotopic (exact) mass is 232 g/mol. The molecule has 0 aromatic carbocycles. The summed E-state index contributed by atoms with van der Waals surface area (Å²) in [6.07, 6.45) is 3.88. The first kappa shape index (κ1) is 12.7. The van der Waals surface area contributed by atoms with E-state index < -0.39 is 10.0 Å².